The van der Waals surface area contributed by atoms with Crippen LogP contribution < -0.4 is 10.1 Å². The molecule has 1 aromatic carbocycles. The summed E-state index contributed by atoms with van der Waals surface area (Å²) in [6, 6.07) is 13.3. The normalized spacial score (nSPS) is 17.2. The third-order valence-electron chi connectivity index (χ3n) is 4.20. The number of nitrogens with one attached hydrogen (secondary N) is 1. The van der Waals surface area contributed by atoms with Crippen molar-refractivity contribution in [3.8, 4) is 5.75 Å². The van der Waals surface area contributed by atoms with Crippen LogP contribution in [0.5, 0.6) is 5.75 Å². The molecule has 1 aliphatic rings. The molecule has 2 aromatic rings. The standard InChI is InChI=1S/C18H22N2O/c1-13(14-9-11-19-12-10-14)20-18(15-3-4-15)16-5-7-17(21-2)8-6-16/h5-13,15,18,20H,3-4H2,1-2H3/t13-,18?/m1/s1. The average molecular weight is 282 g/mol. The maximum atomic E-state index is 5.25. The molecule has 0 spiro atoms. The molecular weight excluding hydrogens is 260 g/mol. The Hall–Kier alpha value is -1.87. The fraction of sp³-hybridized carbons (Fsp3) is 0.389. The maximum absolute atomic E-state index is 5.25. The third-order valence-corrected chi connectivity index (χ3v) is 4.20. The van der Waals surface area contributed by atoms with Gasteiger partial charge in [0.25, 0.3) is 0 Å². The van der Waals surface area contributed by atoms with Crippen molar-refractivity contribution in [2.45, 2.75) is 31.8 Å². The van der Waals surface area contributed by atoms with Crippen LogP contribution in [-0.2, 0) is 0 Å². The zero-order valence-corrected chi connectivity index (χ0v) is 12.6. The van der Waals surface area contributed by atoms with Gasteiger partial charge < -0.3 is 10.1 Å². The molecule has 0 bridgehead atoms. The summed E-state index contributed by atoms with van der Waals surface area (Å²) in [7, 11) is 1.71. The van der Waals surface area contributed by atoms with Crippen molar-refractivity contribution in [1.82, 2.24) is 10.3 Å². The van der Waals surface area contributed by atoms with E-state index in [1.165, 1.54) is 24.0 Å². The lowest BCUT2D eigenvalue weighted by Crippen LogP contribution is -2.26. The number of rotatable bonds is 6. The van der Waals surface area contributed by atoms with E-state index < -0.39 is 0 Å². The molecule has 1 unspecified atom stereocenters. The van der Waals surface area contributed by atoms with Gasteiger partial charge in [0, 0.05) is 24.5 Å². The average Bonchev–Trinajstić information content (AvgIpc) is 3.38. The molecule has 21 heavy (non-hydrogen) atoms. The van der Waals surface area contributed by atoms with E-state index in [1.807, 2.05) is 24.5 Å². The van der Waals surface area contributed by atoms with Crippen LogP contribution in [0.2, 0.25) is 0 Å². The van der Waals surface area contributed by atoms with Gasteiger partial charge in [0.05, 0.1) is 7.11 Å². The predicted molar refractivity (Wildman–Crippen MR) is 84.2 cm³/mol. The topological polar surface area (TPSA) is 34.1 Å². The Morgan fingerprint density at radius 2 is 1.71 bits per heavy atom. The van der Waals surface area contributed by atoms with E-state index in [0.717, 1.165) is 11.7 Å². The first-order chi connectivity index (χ1) is 10.3. The molecule has 3 rings (SSSR count). The summed E-state index contributed by atoms with van der Waals surface area (Å²) in [5.41, 5.74) is 2.63. The first-order valence-electron chi connectivity index (χ1n) is 7.58. The van der Waals surface area contributed by atoms with Crippen molar-refractivity contribution in [1.29, 1.82) is 0 Å². The van der Waals surface area contributed by atoms with Crippen LogP contribution >= 0.6 is 0 Å². The quantitative estimate of drug-likeness (QED) is 0.872. The Morgan fingerprint density at radius 1 is 1.05 bits per heavy atom. The summed E-state index contributed by atoms with van der Waals surface area (Å²) in [6.07, 6.45) is 6.33. The van der Waals surface area contributed by atoms with Gasteiger partial charge >= 0.3 is 0 Å². The smallest absolute Gasteiger partial charge is 0.118 e. The molecule has 1 heterocycles. The highest BCUT2D eigenvalue weighted by Gasteiger charge is 2.33. The van der Waals surface area contributed by atoms with Crippen LogP contribution in [0, 0.1) is 5.92 Å². The molecule has 1 N–H and O–H groups in total. The molecule has 1 saturated carbocycles. The number of ether oxygens (including phenoxy) is 1. The van der Waals surface area contributed by atoms with Crippen LogP contribution in [-0.4, -0.2) is 12.1 Å². The Morgan fingerprint density at radius 3 is 2.29 bits per heavy atom. The number of hydrogen-bond donors (Lipinski definition) is 1. The van der Waals surface area contributed by atoms with E-state index in [0.29, 0.717) is 12.1 Å². The lowest BCUT2D eigenvalue weighted by Gasteiger charge is -2.24. The lowest BCUT2D eigenvalue weighted by atomic mass is 10.00. The predicted octanol–water partition coefficient (Wildman–Crippen LogP) is 3.89. The number of pyridine rings is 1. The monoisotopic (exact) mass is 282 g/mol. The van der Waals surface area contributed by atoms with Crippen LogP contribution in [0.3, 0.4) is 0 Å². The summed E-state index contributed by atoms with van der Waals surface area (Å²) >= 11 is 0. The Bertz CT molecular complexity index is 564. The minimum Gasteiger partial charge on any atom is -0.497 e. The number of aromatic nitrogens is 1. The highest BCUT2D eigenvalue weighted by atomic mass is 16.5. The van der Waals surface area contributed by atoms with Gasteiger partial charge in [0.1, 0.15) is 5.75 Å². The van der Waals surface area contributed by atoms with Crippen LogP contribution in [0.15, 0.2) is 48.8 Å². The molecule has 1 aromatic heterocycles. The highest BCUT2D eigenvalue weighted by molar-refractivity contribution is 5.30. The molecule has 3 heteroatoms. The molecule has 1 aliphatic carbocycles. The van der Waals surface area contributed by atoms with Gasteiger partial charge in [0.15, 0.2) is 0 Å². The minimum absolute atomic E-state index is 0.320. The fourth-order valence-corrected chi connectivity index (χ4v) is 2.76. The minimum atomic E-state index is 0.320. The number of methoxy groups -OCH3 is 1. The highest BCUT2D eigenvalue weighted by Crippen LogP contribution is 2.42. The number of benzene rings is 1. The van der Waals surface area contributed by atoms with E-state index in [2.05, 4.69) is 41.5 Å². The number of nitrogens with zero attached hydrogens (tertiary/aromatic N) is 1. The molecule has 0 saturated heterocycles. The van der Waals surface area contributed by atoms with Gasteiger partial charge in [-0.15, -0.1) is 0 Å². The van der Waals surface area contributed by atoms with E-state index in [4.69, 9.17) is 4.74 Å². The van der Waals surface area contributed by atoms with Crippen LogP contribution in [0.1, 0.15) is 43.0 Å². The Kier molecular flexibility index (Phi) is 4.20. The molecular formula is C18H22N2O. The van der Waals surface area contributed by atoms with E-state index in [-0.39, 0.29) is 0 Å². The Labute approximate surface area is 126 Å². The SMILES string of the molecule is COc1ccc(C(N[C@H](C)c2ccncc2)C2CC2)cc1. The molecule has 1 fully saturated rings. The molecule has 3 nitrogen and oxygen atoms in total. The molecule has 0 aliphatic heterocycles. The fourth-order valence-electron chi connectivity index (χ4n) is 2.76. The second-order valence-corrected chi connectivity index (χ2v) is 5.76. The molecule has 110 valence electrons. The van der Waals surface area contributed by atoms with Gasteiger partial charge in [-0.1, -0.05) is 12.1 Å². The Balaban J connectivity index is 1.75. The van der Waals surface area contributed by atoms with Gasteiger partial charge in [-0.05, 0) is 61.1 Å². The van der Waals surface area contributed by atoms with Crippen molar-refractivity contribution in [3.63, 3.8) is 0 Å². The van der Waals surface area contributed by atoms with Crippen molar-refractivity contribution < 1.29 is 4.74 Å². The van der Waals surface area contributed by atoms with Crippen molar-refractivity contribution in [2.75, 3.05) is 7.11 Å². The number of hydrogen-bond acceptors (Lipinski definition) is 3. The maximum Gasteiger partial charge on any atom is 0.118 e. The molecule has 0 amide bonds. The van der Waals surface area contributed by atoms with Crippen molar-refractivity contribution >= 4 is 0 Å². The second kappa shape index (κ2) is 6.27. The first-order valence-corrected chi connectivity index (χ1v) is 7.58. The van der Waals surface area contributed by atoms with Gasteiger partial charge in [-0.2, -0.15) is 0 Å². The summed E-state index contributed by atoms with van der Waals surface area (Å²) < 4.78 is 5.25. The summed E-state index contributed by atoms with van der Waals surface area (Å²) in [5.74, 6) is 1.66. The summed E-state index contributed by atoms with van der Waals surface area (Å²) in [6.45, 7) is 2.22. The van der Waals surface area contributed by atoms with Gasteiger partial charge in [-0.3, -0.25) is 4.98 Å². The van der Waals surface area contributed by atoms with Gasteiger partial charge in [-0.25, -0.2) is 0 Å². The van der Waals surface area contributed by atoms with Gasteiger partial charge in [0.2, 0.25) is 0 Å². The third kappa shape index (κ3) is 3.42. The summed E-state index contributed by atoms with van der Waals surface area (Å²) in [4.78, 5) is 4.09. The largest absolute Gasteiger partial charge is 0.497 e. The van der Waals surface area contributed by atoms with Crippen LogP contribution in [0.4, 0.5) is 0 Å². The van der Waals surface area contributed by atoms with E-state index in [1.54, 1.807) is 7.11 Å². The van der Waals surface area contributed by atoms with E-state index in [9.17, 15) is 0 Å². The molecule has 2 atom stereocenters. The van der Waals surface area contributed by atoms with Crippen LogP contribution in [0.25, 0.3) is 0 Å². The first kappa shape index (κ1) is 14.1. The van der Waals surface area contributed by atoms with Crippen molar-refractivity contribution in [3.05, 3.63) is 59.9 Å². The lowest BCUT2D eigenvalue weighted by molar-refractivity contribution is 0.411. The van der Waals surface area contributed by atoms with Crippen molar-refractivity contribution in [2.24, 2.45) is 5.92 Å². The second-order valence-electron chi connectivity index (χ2n) is 5.76. The van der Waals surface area contributed by atoms with E-state index >= 15 is 0 Å². The molecule has 0 radical (unpaired) electrons. The zero-order chi connectivity index (χ0) is 14.7. The summed E-state index contributed by atoms with van der Waals surface area (Å²) in [5, 5.41) is 3.78. The zero-order valence-electron chi connectivity index (χ0n) is 12.6.